The van der Waals surface area contributed by atoms with Gasteiger partial charge in [0.1, 0.15) is 0 Å². The largest absolute Gasteiger partial charge is 0.370 e. The molecule has 8 nitrogen and oxygen atoms in total. The predicted octanol–water partition coefficient (Wildman–Crippen LogP) is -0.146. The van der Waals surface area contributed by atoms with Crippen LogP contribution in [0.15, 0.2) is 28.0 Å². The molecule has 2 heterocycles. The van der Waals surface area contributed by atoms with Gasteiger partial charge in [0.2, 0.25) is 0 Å². The molecule has 0 aromatic carbocycles. The van der Waals surface area contributed by atoms with E-state index >= 15 is 0 Å². The lowest BCUT2D eigenvalue weighted by atomic mass is 10.2. The summed E-state index contributed by atoms with van der Waals surface area (Å²) in [6.07, 6.45) is 2.85. The van der Waals surface area contributed by atoms with Crippen molar-refractivity contribution >= 4 is 11.9 Å². The second-order valence-corrected chi connectivity index (χ2v) is 3.45. The number of hydrogen-bond donors (Lipinski definition) is 2. The normalized spacial score (nSPS) is 10.1. The highest BCUT2D eigenvalue weighted by atomic mass is 16.5. The van der Waals surface area contributed by atoms with Crippen LogP contribution in [0.3, 0.4) is 0 Å². The zero-order valence-corrected chi connectivity index (χ0v) is 9.49. The summed E-state index contributed by atoms with van der Waals surface area (Å²) in [5.41, 5.74) is 11.0. The van der Waals surface area contributed by atoms with Crippen molar-refractivity contribution in [1.29, 1.82) is 0 Å². The third-order valence-corrected chi connectivity index (χ3v) is 1.99. The molecule has 0 atom stereocenters. The van der Waals surface area contributed by atoms with E-state index in [-0.39, 0.29) is 17.4 Å². The number of aliphatic imine (C=N–C) groups is 1. The van der Waals surface area contributed by atoms with Crippen molar-refractivity contribution in [2.24, 2.45) is 16.5 Å². The van der Waals surface area contributed by atoms with E-state index in [0.29, 0.717) is 11.4 Å². The molecule has 18 heavy (non-hydrogen) atoms. The SMILES string of the molecule is Cc1noc(-c2cncc(C(=O)N=C(N)N)c2)n1. The number of amides is 1. The maximum Gasteiger partial charge on any atom is 0.281 e. The van der Waals surface area contributed by atoms with Gasteiger partial charge in [-0.2, -0.15) is 9.98 Å². The van der Waals surface area contributed by atoms with Crippen LogP contribution in [-0.2, 0) is 0 Å². The summed E-state index contributed by atoms with van der Waals surface area (Å²) in [6, 6.07) is 1.52. The van der Waals surface area contributed by atoms with Crippen LogP contribution in [-0.4, -0.2) is 27.0 Å². The van der Waals surface area contributed by atoms with E-state index < -0.39 is 5.91 Å². The fraction of sp³-hybridized carbons (Fsp3) is 0.100. The van der Waals surface area contributed by atoms with Crippen molar-refractivity contribution in [2.75, 3.05) is 0 Å². The number of aryl methyl sites for hydroxylation is 1. The van der Waals surface area contributed by atoms with E-state index in [1.165, 1.54) is 18.5 Å². The first-order valence-corrected chi connectivity index (χ1v) is 4.96. The van der Waals surface area contributed by atoms with Crippen LogP contribution in [0.5, 0.6) is 0 Å². The van der Waals surface area contributed by atoms with Crippen LogP contribution in [0.1, 0.15) is 16.2 Å². The number of aromatic nitrogens is 3. The molecule has 0 saturated carbocycles. The summed E-state index contributed by atoms with van der Waals surface area (Å²) in [5.74, 6) is -0.120. The third kappa shape index (κ3) is 2.48. The Hall–Kier alpha value is -2.77. The number of nitrogens with zero attached hydrogens (tertiary/aromatic N) is 4. The van der Waals surface area contributed by atoms with E-state index in [9.17, 15) is 4.79 Å². The van der Waals surface area contributed by atoms with Crippen molar-refractivity contribution in [3.63, 3.8) is 0 Å². The van der Waals surface area contributed by atoms with Crippen molar-refractivity contribution in [1.82, 2.24) is 15.1 Å². The zero-order chi connectivity index (χ0) is 13.1. The van der Waals surface area contributed by atoms with Gasteiger partial charge in [-0.3, -0.25) is 9.78 Å². The van der Waals surface area contributed by atoms with Gasteiger partial charge in [0.15, 0.2) is 11.8 Å². The van der Waals surface area contributed by atoms with E-state index in [0.717, 1.165) is 0 Å². The number of carbonyl (C=O) groups excluding carboxylic acids is 1. The van der Waals surface area contributed by atoms with Crippen molar-refractivity contribution in [3.8, 4) is 11.5 Å². The van der Waals surface area contributed by atoms with E-state index in [4.69, 9.17) is 16.0 Å². The average Bonchev–Trinajstić information content (AvgIpc) is 2.75. The summed E-state index contributed by atoms with van der Waals surface area (Å²) in [4.78, 5) is 22.9. The van der Waals surface area contributed by atoms with Crippen LogP contribution < -0.4 is 11.5 Å². The smallest absolute Gasteiger partial charge is 0.281 e. The molecule has 4 N–H and O–H groups in total. The molecule has 0 aliphatic heterocycles. The Labute approximate surface area is 102 Å². The van der Waals surface area contributed by atoms with Crippen molar-refractivity contribution in [3.05, 3.63) is 29.8 Å². The highest BCUT2D eigenvalue weighted by molar-refractivity contribution is 6.02. The zero-order valence-electron chi connectivity index (χ0n) is 9.49. The van der Waals surface area contributed by atoms with Crippen molar-refractivity contribution in [2.45, 2.75) is 6.92 Å². The molecule has 0 radical (unpaired) electrons. The van der Waals surface area contributed by atoms with E-state index in [1.807, 2.05) is 0 Å². The molecule has 0 bridgehead atoms. The Kier molecular flexibility index (Phi) is 3.00. The molecule has 2 rings (SSSR count). The molecule has 2 aromatic rings. The molecule has 1 amide bonds. The predicted molar refractivity (Wildman–Crippen MR) is 62.4 cm³/mol. The number of guanidine groups is 1. The Balaban J connectivity index is 2.36. The molecular formula is C10H10N6O2. The molecule has 92 valence electrons. The van der Waals surface area contributed by atoms with E-state index in [2.05, 4.69) is 20.1 Å². The minimum atomic E-state index is -0.583. The Bertz CT molecular complexity index is 614. The first-order valence-electron chi connectivity index (χ1n) is 4.96. The standard InChI is InChI=1S/C10H10N6O2/c1-5-14-9(18-16-5)7-2-6(3-13-4-7)8(17)15-10(11)12/h2-4H,1H3,(H4,11,12,15,17). The van der Waals surface area contributed by atoms with Gasteiger partial charge in [0, 0.05) is 12.4 Å². The molecule has 0 spiro atoms. The summed E-state index contributed by atoms with van der Waals surface area (Å²) in [7, 11) is 0. The third-order valence-electron chi connectivity index (χ3n) is 1.99. The number of pyridine rings is 1. The van der Waals surface area contributed by atoms with E-state index in [1.54, 1.807) is 6.92 Å². The topological polar surface area (TPSA) is 133 Å². The summed E-state index contributed by atoms with van der Waals surface area (Å²) in [6.45, 7) is 1.69. The lowest BCUT2D eigenvalue weighted by Crippen LogP contribution is -2.24. The highest BCUT2D eigenvalue weighted by Gasteiger charge is 2.11. The van der Waals surface area contributed by atoms with Gasteiger partial charge < -0.3 is 16.0 Å². The molecule has 0 unspecified atom stereocenters. The Morgan fingerprint density at radius 1 is 1.39 bits per heavy atom. The number of carbonyl (C=O) groups is 1. The van der Waals surface area contributed by atoms with Crippen LogP contribution >= 0.6 is 0 Å². The Morgan fingerprint density at radius 2 is 2.17 bits per heavy atom. The fourth-order valence-electron chi connectivity index (χ4n) is 1.27. The average molecular weight is 246 g/mol. The van der Waals surface area contributed by atoms with Gasteiger partial charge in [-0.25, -0.2) is 0 Å². The quantitative estimate of drug-likeness (QED) is 0.556. The van der Waals surface area contributed by atoms with Gasteiger partial charge in [-0.15, -0.1) is 0 Å². The van der Waals surface area contributed by atoms with Gasteiger partial charge in [0.05, 0.1) is 11.1 Å². The first kappa shape index (κ1) is 11.7. The van der Waals surface area contributed by atoms with Crippen LogP contribution in [0.25, 0.3) is 11.5 Å². The first-order chi connectivity index (χ1) is 8.56. The van der Waals surface area contributed by atoms with Gasteiger partial charge in [-0.1, -0.05) is 5.16 Å². The lowest BCUT2D eigenvalue weighted by Gasteiger charge is -1.97. The van der Waals surface area contributed by atoms with Gasteiger partial charge in [0.25, 0.3) is 11.8 Å². The molecule has 2 aromatic heterocycles. The van der Waals surface area contributed by atoms with Crippen LogP contribution in [0.2, 0.25) is 0 Å². The fourth-order valence-corrected chi connectivity index (χ4v) is 1.27. The summed E-state index contributed by atoms with van der Waals surface area (Å²) >= 11 is 0. The monoisotopic (exact) mass is 246 g/mol. The maximum atomic E-state index is 11.6. The van der Waals surface area contributed by atoms with Crippen LogP contribution in [0, 0.1) is 6.92 Å². The highest BCUT2D eigenvalue weighted by Crippen LogP contribution is 2.17. The molecule has 0 aliphatic rings. The van der Waals surface area contributed by atoms with Crippen molar-refractivity contribution < 1.29 is 9.32 Å². The molecular weight excluding hydrogens is 236 g/mol. The molecule has 8 heteroatoms. The number of nitrogens with two attached hydrogens (primary N) is 2. The molecule has 0 saturated heterocycles. The maximum absolute atomic E-state index is 11.6. The molecule has 0 fully saturated rings. The van der Waals surface area contributed by atoms with Gasteiger partial charge >= 0.3 is 0 Å². The minimum Gasteiger partial charge on any atom is -0.370 e. The van der Waals surface area contributed by atoms with Gasteiger partial charge in [-0.05, 0) is 13.0 Å². The second kappa shape index (κ2) is 4.62. The minimum absolute atomic E-state index is 0.233. The lowest BCUT2D eigenvalue weighted by molar-refractivity contribution is 0.100. The summed E-state index contributed by atoms with van der Waals surface area (Å²) < 4.78 is 4.97. The number of rotatable bonds is 2. The Morgan fingerprint density at radius 3 is 2.78 bits per heavy atom. The van der Waals surface area contributed by atoms with Crippen LogP contribution in [0.4, 0.5) is 0 Å². The summed E-state index contributed by atoms with van der Waals surface area (Å²) in [5, 5.41) is 3.65. The second-order valence-electron chi connectivity index (χ2n) is 3.45. The number of hydrogen-bond acceptors (Lipinski definition) is 5. The molecule has 0 aliphatic carbocycles.